The summed E-state index contributed by atoms with van der Waals surface area (Å²) in [5.74, 6) is -0.737. The van der Waals surface area contributed by atoms with E-state index in [-0.39, 0.29) is 83.3 Å². The van der Waals surface area contributed by atoms with Crippen LogP contribution in [-0.2, 0) is 12.4 Å². The Morgan fingerprint density at radius 1 is 0.585 bits per heavy atom. The molecule has 2 N–H and O–H groups in total. The highest BCUT2D eigenvalue weighted by Crippen LogP contribution is 2.39. The molecule has 0 saturated carbocycles. The van der Waals surface area contributed by atoms with Crippen molar-refractivity contribution in [3.8, 4) is 34.0 Å². The number of nitrogens with zero attached hydrogens (tertiary/aromatic N) is 10. The van der Waals surface area contributed by atoms with Crippen molar-refractivity contribution in [2.24, 2.45) is 0 Å². The maximum absolute atomic E-state index is 14.3. The Morgan fingerprint density at radius 3 is 1.26 bits per heavy atom. The Bertz CT molecular complexity index is 3380. The van der Waals surface area contributed by atoms with E-state index in [2.05, 4.69) is 20.2 Å². The summed E-state index contributed by atoms with van der Waals surface area (Å²) in [6.45, 7) is 7.77. The molecule has 0 aliphatic carbocycles. The third-order valence-corrected chi connectivity index (χ3v) is 15.0. The van der Waals surface area contributed by atoms with Gasteiger partial charge in [-0.3, -0.25) is 19.4 Å². The fraction of sp³-hybridized carbons (Fsp3) is 0.345. The van der Waals surface area contributed by atoms with Crippen molar-refractivity contribution in [2.75, 3.05) is 66.7 Å². The van der Waals surface area contributed by atoms with E-state index >= 15 is 0 Å². The van der Waals surface area contributed by atoms with Gasteiger partial charge >= 0.3 is 12.4 Å². The first-order valence-corrected chi connectivity index (χ1v) is 26.1. The van der Waals surface area contributed by atoms with Crippen LogP contribution < -0.4 is 9.47 Å². The predicted octanol–water partition coefficient (Wildman–Crippen LogP) is 9.50. The highest BCUT2D eigenvalue weighted by Gasteiger charge is 2.42. The second kappa shape index (κ2) is 23.8. The molecule has 2 aliphatic heterocycles. The van der Waals surface area contributed by atoms with Gasteiger partial charge in [-0.15, -0.1) is 0 Å². The number of carbonyl (C=O) groups is 2. The van der Waals surface area contributed by atoms with Gasteiger partial charge in [-0.2, -0.15) is 36.5 Å². The number of halogens is 8. The molecule has 2 aliphatic rings. The number of fused-ring (bicyclic) bond motifs is 2. The lowest BCUT2D eigenvalue weighted by Gasteiger charge is -2.43. The quantitative estimate of drug-likeness (QED) is 0.112. The van der Waals surface area contributed by atoms with Crippen molar-refractivity contribution < 1.29 is 64.4 Å². The van der Waals surface area contributed by atoms with Crippen molar-refractivity contribution in [2.45, 2.75) is 64.2 Å². The molecule has 2 amide bonds. The summed E-state index contributed by atoms with van der Waals surface area (Å²) in [6, 6.07) is 23.3. The molecule has 0 spiro atoms. The van der Waals surface area contributed by atoms with Gasteiger partial charge in [0.15, 0.2) is 22.7 Å². The van der Waals surface area contributed by atoms with Crippen molar-refractivity contribution >= 4 is 23.1 Å². The van der Waals surface area contributed by atoms with E-state index in [0.29, 0.717) is 69.0 Å². The lowest BCUT2D eigenvalue weighted by molar-refractivity contribution is -0.144. The third-order valence-electron chi connectivity index (χ3n) is 15.0. The van der Waals surface area contributed by atoms with E-state index in [1.54, 1.807) is 82.6 Å². The van der Waals surface area contributed by atoms with Gasteiger partial charge in [-0.05, 0) is 112 Å². The van der Waals surface area contributed by atoms with Crippen LogP contribution in [0.3, 0.4) is 0 Å². The minimum absolute atomic E-state index is 0.0469. The highest BCUT2D eigenvalue weighted by atomic mass is 19.4. The van der Waals surface area contributed by atoms with E-state index in [9.17, 15) is 54.9 Å². The zero-order valence-electron chi connectivity index (χ0n) is 45.4. The van der Waals surface area contributed by atoms with Crippen LogP contribution in [0.2, 0.25) is 0 Å². The number of piperazine rings is 2. The summed E-state index contributed by atoms with van der Waals surface area (Å²) in [6.07, 6.45) is -7.26. The van der Waals surface area contributed by atoms with Gasteiger partial charge in [0.25, 0.3) is 11.8 Å². The van der Waals surface area contributed by atoms with Crippen LogP contribution in [0.1, 0.15) is 80.3 Å². The summed E-state index contributed by atoms with van der Waals surface area (Å²) in [4.78, 5) is 43.6. The molecule has 82 heavy (non-hydrogen) atoms. The average Bonchev–Trinajstić information content (AvgIpc) is 4.13. The molecule has 0 bridgehead atoms. The molecule has 8 aromatic rings. The second-order valence-corrected chi connectivity index (χ2v) is 20.1. The summed E-state index contributed by atoms with van der Waals surface area (Å²) >= 11 is 0. The first kappa shape index (κ1) is 58.6. The third kappa shape index (κ3) is 11.7. The number of aliphatic hydroxyl groups is 2. The summed E-state index contributed by atoms with van der Waals surface area (Å²) in [7, 11) is 2.98. The average molecular weight is 1140 g/mol. The lowest BCUT2D eigenvalue weighted by Crippen LogP contribution is -2.55. The lowest BCUT2D eigenvalue weighted by atomic mass is 10.0. The standard InChI is InChI=1S/2C29H29F4N5O3/c2*1-17-15-36(24(16-39)20-5-4-6-21(30)13-20)11-12-37(17)28(40)23-14-34-38-26(29(31,32)33)18(2)25(35-27(23)38)19-7-9-22(41-3)10-8-19/h2*4-10,13-14,17,24,39H,11-12,15-16H2,1-3H3/t17-,24+;17-,24-/m11/s1. The normalized spacial score (nSPS) is 17.2. The molecule has 0 unspecified atom stereocenters. The van der Waals surface area contributed by atoms with Crippen LogP contribution in [0.15, 0.2) is 109 Å². The van der Waals surface area contributed by atoms with Crippen LogP contribution in [0, 0.1) is 25.5 Å². The van der Waals surface area contributed by atoms with Gasteiger partial charge in [0.1, 0.15) is 34.3 Å². The summed E-state index contributed by atoms with van der Waals surface area (Å²) in [5.41, 5.74) is -0.459. The van der Waals surface area contributed by atoms with Crippen molar-refractivity contribution in [1.82, 2.24) is 48.8 Å². The van der Waals surface area contributed by atoms with Crippen molar-refractivity contribution in [3.63, 3.8) is 0 Å². The van der Waals surface area contributed by atoms with E-state index in [1.807, 2.05) is 23.6 Å². The summed E-state index contributed by atoms with van der Waals surface area (Å²) in [5, 5.41) is 28.0. The van der Waals surface area contributed by atoms with Crippen LogP contribution >= 0.6 is 0 Å². The molecule has 16 nitrogen and oxygen atoms in total. The predicted molar refractivity (Wildman–Crippen MR) is 286 cm³/mol. The molecule has 4 aromatic carbocycles. The Labute approximate surface area is 465 Å². The van der Waals surface area contributed by atoms with Gasteiger partial charge in [0.2, 0.25) is 0 Å². The van der Waals surface area contributed by atoms with Gasteiger partial charge in [0, 0.05) is 73.6 Å². The van der Waals surface area contributed by atoms with Gasteiger partial charge < -0.3 is 29.5 Å². The smallest absolute Gasteiger partial charge is 0.433 e. The molecule has 10 rings (SSSR count). The number of hydrogen-bond acceptors (Lipinski definition) is 12. The Morgan fingerprint density at radius 2 is 0.951 bits per heavy atom. The molecular formula is C58H58F8N10O6. The van der Waals surface area contributed by atoms with Crippen LogP contribution in [0.5, 0.6) is 11.5 Å². The van der Waals surface area contributed by atoms with Crippen LogP contribution in [0.25, 0.3) is 33.8 Å². The number of rotatable bonds is 12. The number of aromatic nitrogens is 6. The van der Waals surface area contributed by atoms with Gasteiger partial charge in [-0.25, -0.2) is 27.8 Å². The Balaban J connectivity index is 0.000000198. The molecule has 2 saturated heterocycles. The molecule has 2 fully saturated rings. The largest absolute Gasteiger partial charge is 0.497 e. The number of methoxy groups -OCH3 is 2. The number of amides is 2. The van der Waals surface area contributed by atoms with Crippen molar-refractivity contribution in [1.29, 1.82) is 0 Å². The van der Waals surface area contributed by atoms with Crippen LogP contribution in [-0.4, -0.2) is 150 Å². The number of hydrogen-bond donors (Lipinski definition) is 2. The molecule has 0 radical (unpaired) electrons. The molecule has 4 aromatic heterocycles. The topological polar surface area (TPSA) is 166 Å². The molecule has 24 heteroatoms. The SMILES string of the molecule is COc1ccc(-c2nc3c(C(=O)N4CCN([C@@H](CO)c5cccc(F)c5)C[C@H]4C)cnn3c(C(F)(F)F)c2C)cc1.COc1ccc(-c2nc3c(C(=O)N4CCN([C@H](CO)c5cccc(F)c5)C[C@H]4C)cnn3c(C(F)(F)F)c2C)cc1. The molecule has 6 heterocycles. The maximum atomic E-state index is 14.3. The van der Waals surface area contributed by atoms with E-state index in [0.717, 1.165) is 12.4 Å². The van der Waals surface area contributed by atoms with E-state index < -0.39 is 59.3 Å². The van der Waals surface area contributed by atoms with Crippen molar-refractivity contribution in [3.05, 3.63) is 166 Å². The zero-order valence-corrected chi connectivity index (χ0v) is 45.4. The minimum Gasteiger partial charge on any atom is -0.497 e. The highest BCUT2D eigenvalue weighted by molar-refractivity contribution is 6.01. The number of aliphatic hydroxyl groups excluding tert-OH is 2. The number of alkyl halides is 6. The van der Waals surface area contributed by atoms with Gasteiger partial charge in [-0.1, -0.05) is 24.3 Å². The Hall–Kier alpha value is -8.06. The maximum Gasteiger partial charge on any atom is 0.433 e. The fourth-order valence-corrected chi connectivity index (χ4v) is 10.9. The fourth-order valence-electron chi connectivity index (χ4n) is 10.9. The first-order chi connectivity index (χ1) is 39.1. The molecular weight excluding hydrogens is 1080 g/mol. The van der Waals surface area contributed by atoms with Gasteiger partial charge in [0.05, 0.1) is 63.3 Å². The minimum atomic E-state index is -4.76. The monoisotopic (exact) mass is 1140 g/mol. The summed E-state index contributed by atoms with van der Waals surface area (Å²) < 4.78 is 125. The first-order valence-electron chi connectivity index (χ1n) is 26.1. The number of benzene rings is 4. The van der Waals surface area contributed by atoms with E-state index in [4.69, 9.17) is 9.47 Å². The van der Waals surface area contributed by atoms with Crippen LogP contribution in [0.4, 0.5) is 35.1 Å². The zero-order chi connectivity index (χ0) is 58.9. The second-order valence-electron chi connectivity index (χ2n) is 20.1. The Kier molecular flexibility index (Phi) is 17.0. The number of carbonyl (C=O) groups excluding carboxylic acids is 2. The van der Waals surface area contributed by atoms with E-state index in [1.165, 1.54) is 52.3 Å². The number of ether oxygens (including phenoxy) is 2. The molecule has 432 valence electrons. The molecule has 4 atom stereocenters.